The monoisotopic (exact) mass is 394 g/mol. The Balaban J connectivity index is 2.38. The zero-order chi connectivity index (χ0) is 21.3. The highest BCUT2D eigenvalue weighted by atomic mass is 16.5. The smallest absolute Gasteiger partial charge is 0.330 e. The number of esters is 1. The fourth-order valence-corrected chi connectivity index (χ4v) is 3.46. The summed E-state index contributed by atoms with van der Waals surface area (Å²) in [5.41, 5.74) is -0.939. The van der Waals surface area contributed by atoms with Gasteiger partial charge in [0.15, 0.2) is 0 Å². The highest BCUT2D eigenvalue weighted by Crippen LogP contribution is 2.35. The molecule has 1 aromatic rings. The van der Waals surface area contributed by atoms with E-state index in [1.54, 1.807) is 6.20 Å². The minimum Gasteiger partial charge on any atom is -0.465 e. The number of aromatic nitrogens is 2. The molecule has 0 amide bonds. The van der Waals surface area contributed by atoms with Crippen LogP contribution in [-0.2, 0) is 22.6 Å². The van der Waals surface area contributed by atoms with Crippen LogP contribution in [0.2, 0.25) is 0 Å². The Morgan fingerprint density at radius 1 is 1.11 bits per heavy atom. The fourth-order valence-electron chi connectivity index (χ4n) is 3.46. The number of aryl methyl sites for hydroxylation is 1. The summed E-state index contributed by atoms with van der Waals surface area (Å²) < 4.78 is 8.38. The lowest BCUT2D eigenvalue weighted by Gasteiger charge is -2.32. The van der Waals surface area contributed by atoms with E-state index in [-0.39, 0.29) is 23.1 Å². The minimum atomic E-state index is -0.443. The van der Waals surface area contributed by atoms with Gasteiger partial charge >= 0.3 is 11.7 Å². The largest absolute Gasteiger partial charge is 0.465 e. The van der Waals surface area contributed by atoms with Gasteiger partial charge in [0.2, 0.25) is 0 Å². The van der Waals surface area contributed by atoms with Gasteiger partial charge < -0.3 is 9.30 Å². The van der Waals surface area contributed by atoms with E-state index in [1.807, 2.05) is 13.8 Å². The molecule has 1 atom stereocenters. The molecule has 0 saturated carbocycles. The predicted octanol–water partition coefficient (Wildman–Crippen LogP) is 3.84. The average Bonchev–Trinajstić information content (AvgIpc) is 2.62. The molecule has 0 fully saturated rings. The lowest BCUT2D eigenvalue weighted by Crippen LogP contribution is -2.38. The molecule has 0 aliphatic heterocycles. The maximum atomic E-state index is 12.6. The summed E-state index contributed by atoms with van der Waals surface area (Å²) in [6.07, 6.45) is 5.71. The standard InChI is InChI=1S/C22H38N2O4/c1-7-23-14-12-19(25)24(21(23)27)13-10-8-9-11-15-28-20(26)22(6,18(4)5)16-17(2)3/h12,14,17-18H,7-11,13,15-16H2,1-6H3. The highest BCUT2D eigenvalue weighted by Gasteiger charge is 2.38. The third-order valence-corrected chi connectivity index (χ3v) is 5.56. The van der Waals surface area contributed by atoms with E-state index >= 15 is 0 Å². The average molecular weight is 395 g/mol. The van der Waals surface area contributed by atoms with Gasteiger partial charge in [0.25, 0.3) is 5.56 Å². The summed E-state index contributed by atoms with van der Waals surface area (Å²) in [6, 6.07) is 1.44. The quantitative estimate of drug-likeness (QED) is 0.399. The molecule has 1 aromatic heterocycles. The van der Waals surface area contributed by atoms with E-state index in [4.69, 9.17) is 4.74 Å². The van der Waals surface area contributed by atoms with Gasteiger partial charge in [0, 0.05) is 25.4 Å². The highest BCUT2D eigenvalue weighted by molar-refractivity contribution is 5.76. The second-order valence-electron chi connectivity index (χ2n) is 8.59. The third-order valence-electron chi connectivity index (χ3n) is 5.56. The van der Waals surface area contributed by atoms with Crippen molar-refractivity contribution in [2.24, 2.45) is 17.3 Å². The molecule has 28 heavy (non-hydrogen) atoms. The SMILES string of the molecule is CCn1ccc(=O)n(CCCCCCOC(=O)C(C)(CC(C)C)C(C)C)c1=O. The summed E-state index contributed by atoms with van der Waals surface area (Å²) in [7, 11) is 0. The van der Waals surface area contributed by atoms with Crippen LogP contribution in [0, 0.1) is 17.3 Å². The number of rotatable bonds is 12. The normalized spacial score (nSPS) is 13.7. The Labute approximate surface area is 168 Å². The first-order chi connectivity index (χ1) is 13.1. The van der Waals surface area contributed by atoms with Crippen molar-refractivity contribution in [3.8, 4) is 0 Å². The molecule has 0 spiro atoms. The molecule has 0 N–H and O–H groups in total. The molecule has 0 saturated heterocycles. The van der Waals surface area contributed by atoms with Crippen molar-refractivity contribution in [1.82, 2.24) is 9.13 Å². The van der Waals surface area contributed by atoms with Crippen molar-refractivity contribution < 1.29 is 9.53 Å². The lowest BCUT2D eigenvalue weighted by molar-refractivity contribution is -0.159. The van der Waals surface area contributed by atoms with E-state index in [9.17, 15) is 14.4 Å². The number of carbonyl (C=O) groups excluding carboxylic acids is 1. The van der Waals surface area contributed by atoms with E-state index in [0.717, 1.165) is 32.1 Å². The maximum absolute atomic E-state index is 12.6. The van der Waals surface area contributed by atoms with Crippen LogP contribution in [0.4, 0.5) is 0 Å². The van der Waals surface area contributed by atoms with Gasteiger partial charge in [-0.2, -0.15) is 0 Å². The van der Waals surface area contributed by atoms with Gasteiger partial charge in [-0.3, -0.25) is 14.2 Å². The maximum Gasteiger partial charge on any atom is 0.330 e. The zero-order valence-corrected chi connectivity index (χ0v) is 18.5. The Morgan fingerprint density at radius 3 is 2.32 bits per heavy atom. The molecular weight excluding hydrogens is 356 g/mol. The molecule has 0 radical (unpaired) electrons. The van der Waals surface area contributed by atoms with E-state index in [2.05, 4.69) is 27.7 Å². The number of hydrogen-bond acceptors (Lipinski definition) is 4. The molecular formula is C22H38N2O4. The minimum absolute atomic E-state index is 0.104. The topological polar surface area (TPSA) is 70.3 Å². The van der Waals surface area contributed by atoms with Crippen LogP contribution in [0.3, 0.4) is 0 Å². The number of nitrogens with zero attached hydrogens (tertiary/aromatic N) is 2. The molecule has 0 bridgehead atoms. The molecule has 1 heterocycles. The third kappa shape index (κ3) is 6.64. The van der Waals surface area contributed by atoms with Crippen molar-refractivity contribution in [2.45, 2.75) is 86.7 Å². The first-order valence-corrected chi connectivity index (χ1v) is 10.6. The molecule has 0 aromatic carbocycles. The van der Waals surface area contributed by atoms with Crippen LogP contribution < -0.4 is 11.2 Å². The second kappa shape index (κ2) is 11.2. The molecule has 1 unspecified atom stereocenters. The first kappa shape index (κ1) is 24.2. The summed E-state index contributed by atoms with van der Waals surface area (Å²) in [5.74, 6) is 0.574. The Kier molecular flexibility index (Phi) is 9.70. The van der Waals surface area contributed by atoms with Crippen molar-refractivity contribution in [3.63, 3.8) is 0 Å². The summed E-state index contributed by atoms with van der Waals surface area (Å²) in [4.78, 5) is 36.6. The second-order valence-corrected chi connectivity index (χ2v) is 8.59. The molecule has 6 heteroatoms. The van der Waals surface area contributed by atoms with Gasteiger partial charge in [0.1, 0.15) is 0 Å². The van der Waals surface area contributed by atoms with E-state index in [0.29, 0.717) is 25.6 Å². The lowest BCUT2D eigenvalue weighted by atomic mass is 9.73. The number of hydrogen-bond donors (Lipinski definition) is 0. The molecule has 6 nitrogen and oxygen atoms in total. The van der Waals surface area contributed by atoms with Gasteiger partial charge in [-0.1, -0.05) is 34.1 Å². The van der Waals surface area contributed by atoms with Crippen molar-refractivity contribution in [1.29, 1.82) is 0 Å². The summed E-state index contributed by atoms with van der Waals surface area (Å²) in [5, 5.41) is 0. The predicted molar refractivity (Wildman–Crippen MR) is 112 cm³/mol. The molecule has 160 valence electrons. The summed E-state index contributed by atoms with van der Waals surface area (Å²) in [6.45, 7) is 13.7. The van der Waals surface area contributed by atoms with Crippen LogP contribution in [0.5, 0.6) is 0 Å². The van der Waals surface area contributed by atoms with E-state index in [1.165, 1.54) is 15.2 Å². The number of carbonyl (C=O) groups is 1. The Morgan fingerprint density at radius 2 is 1.75 bits per heavy atom. The van der Waals surface area contributed by atoms with Crippen LogP contribution in [0.25, 0.3) is 0 Å². The van der Waals surface area contributed by atoms with Gasteiger partial charge in [0.05, 0.1) is 12.0 Å². The molecule has 1 rings (SSSR count). The number of unbranched alkanes of at least 4 members (excludes halogenated alkanes) is 3. The molecule has 0 aliphatic carbocycles. The van der Waals surface area contributed by atoms with Crippen LogP contribution >= 0.6 is 0 Å². The van der Waals surface area contributed by atoms with Crippen molar-refractivity contribution in [3.05, 3.63) is 33.1 Å². The van der Waals surface area contributed by atoms with Gasteiger partial charge in [-0.25, -0.2) is 4.79 Å². The Hall–Kier alpha value is -1.85. The fraction of sp³-hybridized carbons (Fsp3) is 0.773. The van der Waals surface area contributed by atoms with E-state index < -0.39 is 5.41 Å². The van der Waals surface area contributed by atoms with Crippen LogP contribution in [-0.4, -0.2) is 21.7 Å². The van der Waals surface area contributed by atoms with Crippen LogP contribution in [0.15, 0.2) is 21.9 Å². The zero-order valence-electron chi connectivity index (χ0n) is 18.5. The van der Waals surface area contributed by atoms with Gasteiger partial charge in [-0.05, 0) is 51.4 Å². The molecule has 0 aliphatic rings. The van der Waals surface area contributed by atoms with Crippen molar-refractivity contribution >= 4 is 5.97 Å². The number of ether oxygens (including phenoxy) is 1. The first-order valence-electron chi connectivity index (χ1n) is 10.6. The summed E-state index contributed by atoms with van der Waals surface area (Å²) >= 11 is 0. The Bertz CT molecular complexity index is 733. The van der Waals surface area contributed by atoms with Gasteiger partial charge in [-0.15, -0.1) is 0 Å². The van der Waals surface area contributed by atoms with Crippen molar-refractivity contribution in [2.75, 3.05) is 6.61 Å². The van der Waals surface area contributed by atoms with Crippen LogP contribution in [0.1, 0.15) is 73.6 Å².